The Kier molecular flexibility index (Phi) is 5.17. The van der Waals surface area contributed by atoms with E-state index in [1.54, 1.807) is 5.32 Å². The van der Waals surface area contributed by atoms with Gasteiger partial charge >= 0.3 is 17.7 Å². The van der Waals surface area contributed by atoms with E-state index in [-0.39, 0.29) is 24.3 Å². The Morgan fingerprint density at radius 3 is 2.57 bits per heavy atom. The molecule has 0 unspecified atom stereocenters. The van der Waals surface area contributed by atoms with Gasteiger partial charge in [0.2, 0.25) is 5.91 Å². The second kappa shape index (κ2) is 6.84. The second-order valence-electron chi connectivity index (χ2n) is 3.76. The first-order valence-corrected chi connectivity index (χ1v) is 5.55. The van der Waals surface area contributed by atoms with Crippen LogP contribution in [0.25, 0.3) is 0 Å². The van der Waals surface area contributed by atoms with Crippen LogP contribution in [-0.4, -0.2) is 34.5 Å². The molecule has 1 rings (SSSR count). The zero-order chi connectivity index (χ0) is 16.0. The highest BCUT2D eigenvalue weighted by atomic mass is 16.6. The van der Waals surface area contributed by atoms with Gasteiger partial charge in [0.1, 0.15) is 0 Å². The molecule has 0 saturated carbocycles. The number of carboxylic acid groups (broad SMARTS) is 1. The average Bonchev–Trinajstić information content (AvgIpc) is 2.37. The molecule has 0 atom stereocenters. The number of carbonyl (C=O) groups is 3. The third-order valence-electron chi connectivity index (χ3n) is 2.25. The van der Waals surface area contributed by atoms with Crippen molar-refractivity contribution in [2.75, 3.05) is 6.61 Å². The van der Waals surface area contributed by atoms with Crippen molar-refractivity contribution in [3.05, 3.63) is 33.9 Å². The summed E-state index contributed by atoms with van der Waals surface area (Å²) >= 11 is 0. The molecule has 0 bridgehead atoms. The molecule has 4 N–H and O–H groups in total. The van der Waals surface area contributed by atoms with Gasteiger partial charge < -0.3 is 15.6 Å². The molecular weight excluding hydrogens is 286 g/mol. The number of ether oxygens (including phenoxy) is 1. The Labute approximate surface area is 117 Å². The quantitative estimate of drug-likeness (QED) is 0.500. The van der Waals surface area contributed by atoms with Crippen LogP contribution in [0.5, 0.6) is 5.75 Å². The number of amides is 3. The maximum Gasteiger partial charge on any atom is 0.335 e. The number of urea groups is 1. The number of rotatable bonds is 6. The summed E-state index contributed by atoms with van der Waals surface area (Å²) in [5.41, 5.74) is 4.09. The van der Waals surface area contributed by atoms with Crippen molar-refractivity contribution in [3.63, 3.8) is 0 Å². The summed E-state index contributed by atoms with van der Waals surface area (Å²) in [5, 5.41) is 21.4. The zero-order valence-electron chi connectivity index (χ0n) is 10.6. The summed E-state index contributed by atoms with van der Waals surface area (Å²) in [6.07, 6.45) is -0.280. The molecule has 0 heterocycles. The van der Waals surface area contributed by atoms with E-state index in [0.29, 0.717) is 0 Å². The van der Waals surface area contributed by atoms with E-state index in [1.807, 2.05) is 0 Å². The van der Waals surface area contributed by atoms with Gasteiger partial charge in [-0.15, -0.1) is 0 Å². The summed E-state index contributed by atoms with van der Waals surface area (Å²) in [7, 11) is 0. The van der Waals surface area contributed by atoms with Crippen LogP contribution in [0.15, 0.2) is 18.2 Å². The Balaban J connectivity index is 2.78. The van der Waals surface area contributed by atoms with Crippen LogP contribution >= 0.6 is 0 Å². The lowest BCUT2D eigenvalue weighted by atomic mass is 10.2. The number of carbonyl (C=O) groups excluding carboxylic acids is 2. The van der Waals surface area contributed by atoms with E-state index in [2.05, 4.69) is 0 Å². The minimum atomic E-state index is -1.28. The van der Waals surface area contributed by atoms with Crippen molar-refractivity contribution < 1.29 is 29.2 Å². The number of nitrogens with two attached hydrogens (primary N) is 1. The number of imide groups is 1. The van der Waals surface area contributed by atoms with Crippen LogP contribution in [0, 0.1) is 10.1 Å². The van der Waals surface area contributed by atoms with E-state index in [4.69, 9.17) is 15.6 Å². The summed E-state index contributed by atoms with van der Waals surface area (Å²) in [4.78, 5) is 42.4. The van der Waals surface area contributed by atoms with Crippen LogP contribution in [0.3, 0.4) is 0 Å². The number of nitrogens with one attached hydrogen (secondary N) is 1. The summed E-state index contributed by atoms with van der Waals surface area (Å²) < 4.78 is 5.02. The van der Waals surface area contributed by atoms with Gasteiger partial charge in [-0.2, -0.15) is 0 Å². The van der Waals surface area contributed by atoms with Crippen LogP contribution < -0.4 is 15.8 Å². The molecule has 0 radical (unpaired) electrons. The van der Waals surface area contributed by atoms with Crippen LogP contribution in [0.4, 0.5) is 10.5 Å². The third kappa shape index (κ3) is 4.78. The van der Waals surface area contributed by atoms with Gasteiger partial charge in [0.15, 0.2) is 5.75 Å². The van der Waals surface area contributed by atoms with Gasteiger partial charge in [-0.3, -0.25) is 20.2 Å². The minimum Gasteiger partial charge on any atom is -0.486 e. The minimum absolute atomic E-state index is 0.197. The molecule has 10 nitrogen and oxygen atoms in total. The second-order valence-corrected chi connectivity index (χ2v) is 3.76. The van der Waals surface area contributed by atoms with E-state index in [9.17, 15) is 24.5 Å². The number of hydrogen-bond acceptors (Lipinski definition) is 6. The lowest BCUT2D eigenvalue weighted by Gasteiger charge is -2.07. The summed E-state index contributed by atoms with van der Waals surface area (Å²) in [5.74, 6) is -2.28. The molecule has 3 amide bonds. The molecule has 1 aromatic rings. The number of benzene rings is 1. The maximum absolute atomic E-state index is 11.1. The first-order chi connectivity index (χ1) is 9.81. The molecule has 0 spiro atoms. The summed E-state index contributed by atoms with van der Waals surface area (Å²) in [6.45, 7) is -0.289. The number of nitrogens with zero attached hydrogens (tertiary/aromatic N) is 1. The van der Waals surface area contributed by atoms with E-state index in [1.165, 1.54) is 0 Å². The van der Waals surface area contributed by atoms with Crippen molar-refractivity contribution in [2.45, 2.75) is 6.42 Å². The van der Waals surface area contributed by atoms with Gasteiger partial charge in [-0.25, -0.2) is 9.59 Å². The highest BCUT2D eigenvalue weighted by molar-refractivity contribution is 5.93. The zero-order valence-corrected chi connectivity index (χ0v) is 10.6. The first-order valence-electron chi connectivity index (χ1n) is 5.55. The molecule has 0 aliphatic rings. The molecule has 1 aromatic carbocycles. The van der Waals surface area contributed by atoms with Crippen LogP contribution in [0.1, 0.15) is 16.8 Å². The average molecular weight is 297 g/mol. The molecule has 0 saturated heterocycles. The first kappa shape index (κ1) is 15.9. The Hall–Kier alpha value is -3.17. The molecule has 0 aliphatic carbocycles. The fraction of sp³-hybridized carbons (Fsp3) is 0.182. The van der Waals surface area contributed by atoms with Crippen molar-refractivity contribution in [1.29, 1.82) is 0 Å². The Morgan fingerprint density at radius 2 is 2.05 bits per heavy atom. The third-order valence-corrected chi connectivity index (χ3v) is 2.25. The van der Waals surface area contributed by atoms with Crippen LogP contribution in [0.2, 0.25) is 0 Å². The van der Waals surface area contributed by atoms with Gasteiger partial charge in [-0.05, 0) is 6.07 Å². The molecule has 0 aliphatic heterocycles. The Bertz CT molecular complexity index is 599. The largest absolute Gasteiger partial charge is 0.486 e. The smallest absolute Gasteiger partial charge is 0.335 e. The van der Waals surface area contributed by atoms with E-state index < -0.39 is 28.5 Å². The normalized spacial score (nSPS) is 9.71. The highest BCUT2D eigenvalue weighted by Crippen LogP contribution is 2.28. The molecule has 112 valence electrons. The lowest BCUT2D eigenvalue weighted by molar-refractivity contribution is -0.385. The predicted molar refractivity (Wildman–Crippen MR) is 67.9 cm³/mol. The van der Waals surface area contributed by atoms with E-state index in [0.717, 1.165) is 18.2 Å². The molecule has 0 aromatic heterocycles. The molecule has 0 fully saturated rings. The van der Waals surface area contributed by atoms with Crippen LogP contribution in [-0.2, 0) is 4.79 Å². The van der Waals surface area contributed by atoms with Crippen molar-refractivity contribution in [2.24, 2.45) is 5.73 Å². The molecule has 21 heavy (non-hydrogen) atoms. The van der Waals surface area contributed by atoms with Gasteiger partial charge in [0.05, 0.1) is 23.5 Å². The van der Waals surface area contributed by atoms with Gasteiger partial charge in [0.25, 0.3) is 0 Å². The fourth-order valence-corrected chi connectivity index (χ4v) is 1.37. The maximum atomic E-state index is 11.1. The standard InChI is InChI=1S/C11H11N3O7/c12-11(18)13-9(15)3-4-21-8-5-6(10(16)17)1-2-7(8)14(19)20/h1-2,5H,3-4H2,(H,16,17)(H3,12,13,15,18). The SMILES string of the molecule is NC(=O)NC(=O)CCOc1cc(C(=O)O)ccc1[N+](=O)[O-]. The van der Waals surface area contributed by atoms with Gasteiger partial charge in [0, 0.05) is 12.1 Å². The number of primary amides is 1. The van der Waals surface area contributed by atoms with Crippen molar-refractivity contribution in [1.82, 2.24) is 5.32 Å². The highest BCUT2D eigenvalue weighted by Gasteiger charge is 2.18. The number of hydrogen-bond donors (Lipinski definition) is 3. The summed E-state index contributed by atoms with van der Waals surface area (Å²) in [6, 6.07) is 2.00. The van der Waals surface area contributed by atoms with Crippen molar-refractivity contribution in [3.8, 4) is 5.75 Å². The monoisotopic (exact) mass is 297 g/mol. The molecule has 10 heteroatoms. The van der Waals surface area contributed by atoms with Gasteiger partial charge in [-0.1, -0.05) is 0 Å². The number of nitro groups is 1. The number of nitro benzene ring substituents is 1. The Morgan fingerprint density at radius 1 is 1.38 bits per heavy atom. The van der Waals surface area contributed by atoms with Crippen molar-refractivity contribution >= 4 is 23.6 Å². The number of aromatic carboxylic acids is 1. The predicted octanol–water partition coefficient (Wildman–Crippen LogP) is 0.257. The molecular formula is C11H11N3O7. The van der Waals surface area contributed by atoms with E-state index >= 15 is 0 Å². The number of carboxylic acids is 1. The fourth-order valence-electron chi connectivity index (χ4n) is 1.37. The topological polar surface area (TPSA) is 162 Å². The lowest BCUT2D eigenvalue weighted by Crippen LogP contribution is -2.35.